The maximum Gasteiger partial charge on any atom is 0.187 e. The van der Waals surface area contributed by atoms with Crippen molar-refractivity contribution < 1.29 is 4.42 Å². The van der Waals surface area contributed by atoms with E-state index in [4.69, 9.17) is 11.0 Å². The first-order valence-electron chi connectivity index (χ1n) is 20.3. The van der Waals surface area contributed by atoms with Crippen molar-refractivity contribution in [2.24, 2.45) is 0 Å². The number of hydrogen-bond acceptors (Lipinski definition) is 2. The third-order valence-corrected chi connectivity index (χ3v) is 12.1. The van der Waals surface area contributed by atoms with Gasteiger partial charge in [0.15, 0.2) is 5.69 Å². The zero-order chi connectivity index (χ0) is 40.6. The molecule has 3 heterocycles. The Morgan fingerprint density at radius 3 is 1.80 bits per heavy atom. The van der Waals surface area contributed by atoms with Crippen molar-refractivity contribution >= 4 is 71.2 Å². The van der Waals surface area contributed by atoms with Crippen molar-refractivity contribution in [1.29, 1.82) is 5.26 Å². The third-order valence-electron chi connectivity index (χ3n) is 12.1. The van der Waals surface area contributed by atoms with E-state index < -0.39 is 0 Å². The molecule has 0 aliphatic carbocycles. The Hall–Kier alpha value is -8.64. The van der Waals surface area contributed by atoms with E-state index in [2.05, 4.69) is 160 Å². The Labute approximate surface area is 350 Å². The van der Waals surface area contributed by atoms with Crippen LogP contribution < -0.4 is 0 Å². The van der Waals surface area contributed by atoms with Crippen LogP contribution in [0.5, 0.6) is 0 Å². The third kappa shape index (κ3) is 5.32. The second-order valence-electron chi connectivity index (χ2n) is 15.5. The quantitative estimate of drug-likeness (QED) is 0.163. The summed E-state index contributed by atoms with van der Waals surface area (Å²) in [5.41, 5.74) is 15.9. The fraction of sp³-hybridized carbons (Fsp3) is 0. The van der Waals surface area contributed by atoms with Crippen molar-refractivity contribution in [3.05, 3.63) is 211 Å². The van der Waals surface area contributed by atoms with E-state index >= 15 is 0 Å². The van der Waals surface area contributed by atoms with Crippen molar-refractivity contribution in [2.75, 3.05) is 0 Å². The normalized spacial score (nSPS) is 11.6. The first-order valence-corrected chi connectivity index (χ1v) is 20.3. The second-order valence-corrected chi connectivity index (χ2v) is 15.5. The molecule has 282 valence electrons. The van der Waals surface area contributed by atoms with Crippen LogP contribution in [0.4, 0.5) is 5.69 Å². The summed E-state index contributed by atoms with van der Waals surface area (Å²) in [7, 11) is 0. The zero-order valence-electron chi connectivity index (χ0n) is 32.7. The van der Waals surface area contributed by atoms with E-state index in [0.717, 1.165) is 99.5 Å². The molecule has 0 fully saturated rings. The largest absolute Gasteiger partial charge is 0.455 e. The number of para-hydroxylation sites is 3. The molecule has 12 rings (SSSR count). The lowest BCUT2D eigenvalue weighted by Crippen LogP contribution is -1.96. The number of fused-ring (bicyclic) bond motifs is 11. The molecule has 0 aliphatic rings. The second kappa shape index (κ2) is 13.5. The van der Waals surface area contributed by atoms with Crippen molar-refractivity contribution in [2.45, 2.75) is 0 Å². The molecule has 0 aliphatic heterocycles. The number of rotatable bonds is 5. The SMILES string of the molecule is [C-]#[N+]c1ccc(-c2cc(-c3ccc(C#N)cc3)cc(-c3cccc(-n4c5ccccc5c5c4ccc4c6c7oc8ccccc8c7ccc6n(-c6ccccc6)c45)c3)c2)cc1. The molecule has 3 aromatic heterocycles. The predicted molar refractivity (Wildman–Crippen MR) is 250 cm³/mol. The Balaban J connectivity index is 1.11. The molecule has 0 spiro atoms. The number of nitrogens with zero attached hydrogens (tertiary/aromatic N) is 4. The minimum Gasteiger partial charge on any atom is -0.455 e. The van der Waals surface area contributed by atoms with Crippen LogP contribution in [0.15, 0.2) is 199 Å². The molecule has 9 aromatic carbocycles. The lowest BCUT2D eigenvalue weighted by Gasteiger charge is -2.14. The van der Waals surface area contributed by atoms with Crippen molar-refractivity contribution in [3.63, 3.8) is 0 Å². The minimum absolute atomic E-state index is 0.607. The molecule has 0 unspecified atom stereocenters. The molecule has 0 atom stereocenters. The molecular formula is C56H32N4O. The number of hydrogen-bond donors (Lipinski definition) is 0. The number of furan rings is 1. The number of benzene rings is 9. The summed E-state index contributed by atoms with van der Waals surface area (Å²) >= 11 is 0. The van der Waals surface area contributed by atoms with E-state index in [1.54, 1.807) is 0 Å². The zero-order valence-corrected chi connectivity index (χ0v) is 32.7. The summed E-state index contributed by atoms with van der Waals surface area (Å²) in [5.74, 6) is 0. The molecule has 0 saturated carbocycles. The minimum atomic E-state index is 0.607. The van der Waals surface area contributed by atoms with Crippen molar-refractivity contribution in [1.82, 2.24) is 9.13 Å². The first kappa shape index (κ1) is 34.4. The lowest BCUT2D eigenvalue weighted by atomic mass is 9.93. The van der Waals surface area contributed by atoms with Gasteiger partial charge in [0.25, 0.3) is 0 Å². The molecule has 0 amide bonds. The van der Waals surface area contributed by atoms with Gasteiger partial charge in [-0.05, 0) is 124 Å². The van der Waals surface area contributed by atoms with Gasteiger partial charge in [-0.15, -0.1) is 0 Å². The molecule has 0 radical (unpaired) electrons. The Kier molecular flexibility index (Phi) is 7.59. The van der Waals surface area contributed by atoms with Gasteiger partial charge in [-0.1, -0.05) is 103 Å². The van der Waals surface area contributed by atoms with E-state index in [1.807, 2.05) is 54.6 Å². The average molecular weight is 777 g/mol. The highest BCUT2D eigenvalue weighted by Crippen LogP contribution is 2.46. The van der Waals surface area contributed by atoms with Crippen LogP contribution in [0.2, 0.25) is 0 Å². The highest BCUT2D eigenvalue weighted by atomic mass is 16.3. The fourth-order valence-electron chi connectivity index (χ4n) is 9.36. The molecule has 0 N–H and O–H groups in total. The molecular weight excluding hydrogens is 745 g/mol. The summed E-state index contributed by atoms with van der Waals surface area (Å²) in [6.07, 6.45) is 0. The van der Waals surface area contributed by atoms with E-state index in [-0.39, 0.29) is 0 Å². The van der Waals surface area contributed by atoms with Gasteiger partial charge in [-0.25, -0.2) is 4.85 Å². The van der Waals surface area contributed by atoms with Gasteiger partial charge in [-0.2, -0.15) is 5.26 Å². The fourth-order valence-corrected chi connectivity index (χ4v) is 9.36. The molecule has 0 saturated heterocycles. The summed E-state index contributed by atoms with van der Waals surface area (Å²) in [6.45, 7) is 7.48. The highest BCUT2D eigenvalue weighted by Gasteiger charge is 2.24. The van der Waals surface area contributed by atoms with Crippen LogP contribution in [-0.2, 0) is 0 Å². The Morgan fingerprint density at radius 1 is 0.443 bits per heavy atom. The Bertz CT molecular complexity index is 3740. The number of nitriles is 1. The van der Waals surface area contributed by atoms with Crippen LogP contribution in [-0.4, -0.2) is 9.13 Å². The summed E-state index contributed by atoms with van der Waals surface area (Å²) in [4.78, 5) is 3.61. The van der Waals surface area contributed by atoms with Gasteiger partial charge in [-0.3, -0.25) is 0 Å². The highest BCUT2D eigenvalue weighted by molar-refractivity contribution is 6.31. The van der Waals surface area contributed by atoms with Crippen LogP contribution >= 0.6 is 0 Å². The monoisotopic (exact) mass is 776 g/mol. The van der Waals surface area contributed by atoms with Crippen LogP contribution in [0.25, 0.3) is 115 Å². The van der Waals surface area contributed by atoms with Gasteiger partial charge >= 0.3 is 0 Å². The average Bonchev–Trinajstić information content (AvgIpc) is 3.99. The van der Waals surface area contributed by atoms with Crippen molar-refractivity contribution in [3.8, 4) is 50.8 Å². The standard InChI is InChI=1S/C56H32N4O/c1-58-42-24-22-37(23-25-42)40-30-39(36-20-18-35(34-57)19-21-36)31-41(32-40)38-10-9-13-44(33-38)59-49-16-7-5-15-47(49)53-50(59)29-27-48-54-51(60(55(48)53)43-11-3-2-4-12-43)28-26-46-45-14-6-8-17-52(45)61-56(46)54/h2-33H. The van der Waals surface area contributed by atoms with Gasteiger partial charge < -0.3 is 13.6 Å². The topological polar surface area (TPSA) is 51.1 Å². The first-order chi connectivity index (χ1) is 30.1. The van der Waals surface area contributed by atoms with E-state index in [1.165, 1.54) is 10.8 Å². The predicted octanol–water partition coefficient (Wildman–Crippen LogP) is 15.2. The van der Waals surface area contributed by atoms with Crippen LogP contribution in [0.1, 0.15) is 5.56 Å². The maximum absolute atomic E-state index is 9.50. The molecule has 5 heteroatoms. The molecule has 12 aromatic rings. The molecule has 5 nitrogen and oxygen atoms in total. The van der Waals surface area contributed by atoms with E-state index in [9.17, 15) is 5.26 Å². The van der Waals surface area contributed by atoms with Crippen LogP contribution in [0.3, 0.4) is 0 Å². The smallest absolute Gasteiger partial charge is 0.187 e. The Morgan fingerprint density at radius 2 is 1.07 bits per heavy atom. The summed E-state index contributed by atoms with van der Waals surface area (Å²) in [5, 5.41) is 16.3. The molecule has 61 heavy (non-hydrogen) atoms. The van der Waals surface area contributed by atoms with Gasteiger partial charge in [0.05, 0.1) is 45.7 Å². The van der Waals surface area contributed by atoms with Gasteiger partial charge in [0, 0.05) is 38.3 Å². The number of aromatic nitrogens is 2. The van der Waals surface area contributed by atoms with E-state index in [0.29, 0.717) is 11.3 Å². The summed E-state index contributed by atoms with van der Waals surface area (Å²) in [6, 6.07) is 69.8. The van der Waals surface area contributed by atoms with Crippen LogP contribution in [0, 0.1) is 17.9 Å². The molecule has 0 bridgehead atoms. The lowest BCUT2D eigenvalue weighted by molar-refractivity contribution is 0.673. The maximum atomic E-state index is 9.50. The van der Waals surface area contributed by atoms with Gasteiger partial charge in [0.2, 0.25) is 0 Å². The summed E-state index contributed by atoms with van der Waals surface area (Å²) < 4.78 is 11.5. The van der Waals surface area contributed by atoms with Gasteiger partial charge in [0.1, 0.15) is 11.2 Å².